The molecule has 0 aromatic rings. The van der Waals surface area contributed by atoms with Crippen LogP contribution in [0.4, 0.5) is 4.79 Å². The fraction of sp³-hybridized carbons (Fsp3) is 0.857. The highest BCUT2D eigenvalue weighted by Gasteiger charge is 2.35. The molecule has 20 heavy (non-hydrogen) atoms. The Kier molecular flexibility index (Phi) is 5.80. The SMILES string of the molecule is CC(C)(C)[C@H](NC(=O)N1CCCCCC1CO)C(=O)O. The molecule has 1 rings (SSSR count). The second kappa shape index (κ2) is 6.92. The highest BCUT2D eigenvalue weighted by molar-refractivity contribution is 5.83. The summed E-state index contributed by atoms with van der Waals surface area (Å²) in [5, 5.41) is 21.2. The largest absolute Gasteiger partial charge is 0.480 e. The average molecular weight is 286 g/mol. The monoisotopic (exact) mass is 286 g/mol. The minimum atomic E-state index is -1.04. The quantitative estimate of drug-likeness (QED) is 0.732. The van der Waals surface area contributed by atoms with Crippen molar-refractivity contribution in [1.29, 1.82) is 0 Å². The van der Waals surface area contributed by atoms with Crippen LogP contribution in [0.5, 0.6) is 0 Å². The summed E-state index contributed by atoms with van der Waals surface area (Å²) in [5.41, 5.74) is -0.567. The maximum atomic E-state index is 12.3. The number of urea groups is 1. The Bertz CT molecular complexity index is 352. The van der Waals surface area contributed by atoms with Crippen molar-refractivity contribution < 1.29 is 19.8 Å². The fourth-order valence-corrected chi connectivity index (χ4v) is 2.49. The number of likely N-dealkylation sites (tertiary alicyclic amines) is 1. The Morgan fingerprint density at radius 1 is 1.30 bits per heavy atom. The second-order valence-corrected chi connectivity index (χ2v) is 6.47. The average Bonchev–Trinajstić information content (AvgIpc) is 2.58. The second-order valence-electron chi connectivity index (χ2n) is 6.47. The molecular formula is C14H26N2O4. The van der Waals surface area contributed by atoms with Crippen molar-refractivity contribution in [2.75, 3.05) is 13.2 Å². The summed E-state index contributed by atoms with van der Waals surface area (Å²) in [7, 11) is 0. The first-order valence-corrected chi connectivity index (χ1v) is 7.18. The third-order valence-corrected chi connectivity index (χ3v) is 3.73. The van der Waals surface area contributed by atoms with Crippen molar-refractivity contribution >= 4 is 12.0 Å². The molecule has 2 amide bonds. The van der Waals surface area contributed by atoms with E-state index in [0.717, 1.165) is 25.7 Å². The Hall–Kier alpha value is -1.30. The molecule has 1 heterocycles. The number of carboxylic acids is 1. The van der Waals surface area contributed by atoms with Gasteiger partial charge in [-0.3, -0.25) is 0 Å². The maximum Gasteiger partial charge on any atom is 0.326 e. The number of nitrogens with one attached hydrogen (secondary N) is 1. The summed E-state index contributed by atoms with van der Waals surface area (Å²) in [5.74, 6) is -1.04. The molecule has 0 saturated carbocycles. The van der Waals surface area contributed by atoms with Crippen LogP contribution in [0.25, 0.3) is 0 Å². The minimum Gasteiger partial charge on any atom is -0.480 e. The first kappa shape index (κ1) is 16.8. The van der Waals surface area contributed by atoms with Crippen molar-refractivity contribution in [3.05, 3.63) is 0 Å². The molecule has 2 atom stereocenters. The predicted molar refractivity (Wildman–Crippen MR) is 75.5 cm³/mol. The zero-order chi connectivity index (χ0) is 15.3. The van der Waals surface area contributed by atoms with Gasteiger partial charge in [-0.1, -0.05) is 33.6 Å². The zero-order valence-corrected chi connectivity index (χ0v) is 12.6. The number of hydrogen-bond acceptors (Lipinski definition) is 3. The summed E-state index contributed by atoms with van der Waals surface area (Å²) in [6, 6.07) is -1.56. The molecule has 0 aromatic heterocycles. The topological polar surface area (TPSA) is 89.9 Å². The van der Waals surface area contributed by atoms with Crippen LogP contribution in [0.1, 0.15) is 46.5 Å². The van der Waals surface area contributed by atoms with Crippen LogP contribution in [0.2, 0.25) is 0 Å². The van der Waals surface area contributed by atoms with Gasteiger partial charge >= 0.3 is 12.0 Å². The number of rotatable bonds is 3. The molecule has 1 unspecified atom stereocenters. The van der Waals surface area contributed by atoms with E-state index < -0.39 is 23.5 Å². The van der Waals surface area contributed by atoms with Crippen molar-refractivity contribution in [2.45, 2.75) is 58.5 Å². The van der Waals surface area contributed by atoms with Crippen LogP contribution in [-0.2, 0) is 4.79 Å². The highest BCUT2D eigenvalue weighted by Crippen LogP contribution is 2.21. The summed E-state index contributed by atoms with van der Waals surface area (Å²) >= 11 is 0. The van der Waals surface area contributed by atoms with Crippen LogP contribution >= 0.6 is 0 Å². The van der Waals surface area contributed by atoms with Crippen molar-refractivity contribution in [2.24, 2.45) is 5.41 Å². The van der Waals surface area contributed by atoms with Crippen molar-refractivity contribution in [1.82, 2.24) is 10.2 Å². The van der Waals surface area contributed by atoms with E-state index in [2.05, 4.69) is 5.32 Å². The van der Waals surface area contributed by atoms with Gasteiger partial charge in [0.1, 0.15) is 6.04 Å². The molecule has 1 saturated heterocycles. The number of aliphatic hydroxyl groups is 1. The van der Waals surface area contributed by atoms with Gasteiger partial charge in [0.15, 0.2) is 0 Å². The molecule has 0 aromatic carbocycles. The van der Waals surface area contributed by atoms with Gasteiger partial charge in [-0.05, 0) is 18.3 Å². The lowest BCUT2D eigenvalue weighted by atomic mass is 9.87. The van der Waals surface area contributed by atoms with Crippen LogP contribution in [0.15, 0.2) is 0 Å². The molecule has 3 N–H and O–H groups in total. The molecule has 116 valence electrons. The lowest BCUT2D eigenvalue weighted by molar-refractivity contribution is -0.142. The Labute approximate surface area is 120 Å². The molecule has 0 spiro atoms. The Morgan fingerprint density at radius 2 is 1.95 bits per heavy atom. The number of nitrogens with zero attached hydrogens (tertiary/aromatic N) is 1. The number of carbonyl (C=O) groups excluding carboxylic acids is 1. The molecule has 1 aliphatic heterocycles. The van der Waals surface area contributed by atoms with Gasteiger partial charge in [0, 0.05) is 6.54 Å². The van der Waals surface area contributed by atoms with E-state index in [4.69, 9.17) is 0 Å². The molecule has 0 aliphatic carbocycles. The predicted octanol–water partition coefficient (Wildman–Crippen LogP) is 1.43. The van der Waals surface area contributed by atoms with Crippen LogP contribution in [0.3, 0.4) is 0 Å². The molecule has 6 nitrogen and oxygen atoms in total. The normalized spacial score (nSPS) is 22.0. The van der Waals surface area contributed by atoms with E-state index in [-0.39, 0.29) is 12.6 Å². The number of amides is 2. The lowest BCUT2D eigenvalue weighted by Gasteiger charge is -2.33. The number of hydrogen-bond donors (Lipinski definition) is 3. The van der Waals surface area contributed by atoms with Gasteiger partial charge in [-0.2, -0.15) is 0 Å². The number of aliphatic carboxylic acids is 1. The Morgan fingerprint density at radius 3 is 2.45 bits per heavy atom. The summed E-state index contributed by atoms with van der Waals surface area (Å²) < 4.78 is 0. The minimum absolute atomic E-state index is 0.0827. The number of aliphatic hydroxyl groups excluding tert-OH is 1. The molecule has 0 radical (unpaired) electrons. The van der Waals surface area contributed by atoms with E-state index in [1.54, 1.807) is 25.7 Å². The molecule has 1 aliphatic rings. The van der Waals surface area contributed by atoms with E-state index in [0.29, 0.717) is 6.54 Å². The van der Waals surface area contributed by atoms with Gasteiger partial charge in [-0.25, -0.2) is 9.59 Å². The standard InChI is InChI=1S/C14H26N2O4/c1-14(2,3)11(12(18)19)15-13(20)16-8-6-4-5-7-10(16)9-17/h10-11,17H,4-9H2,1-3H3,(H,15,20)(H,18,19)/t10?,11-/m1/s1. The summed E-state index contributed by atoms with van der Waals surface area (Å²) in [6.45, 7) is 5.81. The van der Waals surface area contributed by atoms with Crippen LogP contribution in [-0.4, -0.2) is 52.3 Å². The highest BCUT2D eigenvalue weighted by atomic mass is 16.4. The number of carbonyl (C=O) groups is 2. The van der Waals surface area contributed by atoms with Gasteiger partial charge in [0.05, 0.1) is 12.6 Å². The fourth-order valence-electron chi connectivity index (χ4n) is 2.49. The third kappa shape index (κ3) is 4.37. The first-order valence-electron chi connectivity index (χ1n) is 7.18. The van der Waals surface area contributed by atoms with Crippen LogP contribution in [0, 0.1) is 5.41 Å². The number of carboxylic acid groups (broad SMARTS) is 1. The van der Waals surface area contributed by atoms with Gasteiger partial charge in [0.25, 0.3) is 0 Å². The first-order chi connectivity index (χ1) is 9.27. The lowest BCUT2D eigenvalue weighted by Crippen LogP contribution is -2.55. The van der Waals surface area contributed by atoms with E-state index in [9.17, 15) is 19.8 Å². The van der Waals surface area contributed by atoms with Crippen molar-refractivity contribution in [3.63, 3.8) is 0 Å². The maximum absolute atomic E-state index is 12.3. The van der Waals surface area contributed by atoms with Gasteiger partial charge < -0.3 is 20.4 Å². The van der Waals surface area contributed by atoms with Crippen LogP contribution < -0.4 is 5.32 Å². The summed E-state index contributed by atoms with van der Waals surface area (Å²) in [6.07, 6.45) is 3.66. The molecule has 1 fully saturated rings. The van der Waals surface area contributed by atoms with E-state index >= 15 is 0 Å². The smallest absolute Gasteiger partial charge is 0.326 e. The summed E-state index contributed by atoms with van der Waals surface area (Å²) in [4.78, 5) is 25.2. The van der Waals surface area contributed by atoms with Gasteiger partial charge in [-0.15, -0.1) is 0 Å². The van der Waals surface area contributed by atoms with Crippen molar-refractivity contribution in [3.8, 4) is 0 Å². The molecule has 6 heteroatoms. The zero-order valence-electron chi connectivity index (χ0n) is 12.6. The third-order valence-electron chi connectivity index (χ3n) is 3.73. The Balaban J connectivity index is 2.78. The van der Waals surface area contributed by atoms with E-state index in [1.165, 1.54) is 0 Å². The molecule has 0 bridgehead atoms. The molecular weight excluding hydrogens is 260 g/mol. The van der Waals surface area contributed by atoms with E-state index in [1.807, 2.05) is 0 Å². The van der Waals surface area contributed by atoms with Gasteiger partial charge in [0.2, 0.25) is 0 Å².